The zero-order chi connectivity index (χ0) is 14.1. The maximum Gasteiger partial charge on any atom is 0.139 e. The van der Waals surface area contributed by atoms with Gasteiger partial charge in [0.05, 0.1) is 11.2 Å². The van der Waals surface area contributed by atoms with Crippen LogP contribution in [0.15, 0.2) is 48.5 Å². The Kier molecular flexibility index (Phi) is 3.11. The number of para-hydroxylation sites is 1. The second kappa shape index (κ2) is 4.93. The highest BCUT2D eigenvalue weighted by Gasteiger charge is 2.09. The Bertz CT molecular complexity index is 759. The summed E-state index contributed by atoms with van der Waals surface area (Å²) in [5.41, 5.74) is 3.05. The zero-order valence-electron chi connectivity index (χ0n) is 11.6. The number of phenolic OH excluding ortho intramolecular Hbond substituents is 1. The number of benzene rings is 2. The summed E-state index contributed by atoms with van der Waals surface area (Å²) in [7, 11) is 1.94. The van der Waals surface area contributed by atoms with Crippen molar-refractivity contribution in [1.82, 2.24) is 4.57 Å². The Balaban J connectivity index is 1.88. The van der Waals surface area contributed by atoms with Gasteiger partial charge in [-0.05, 0) is 36.8 Å². The number of rotatable bonds is 3. The van der Waals surface area contributed by atoms with E-state index in [-0.39, 0.29) is 0 Å². The molecule has 0 fully saturated rings. The smallest absolute Gasteiger partial charge is 0.139 e. The fourth-order valence-corrected chi connectivity index (χ4v) is 2.45. The number of nitrogens with zero attached hydrogens (tertiary/aromatic N) is 1. The quantitative estimate of drug-likeness (QED) is 0.783. The van der Waals surface area contributed by atoms with Gasteiger partial charge in [0.15, 0.2) is 0 Å². The van der Waals surface area contributed by atoms with Gasteiger partial charge < -0.3 is 14.4 Å². The second-order valence-electron chi connectivity index (χ2n) is 5.01. The molecule has 102 valence electrons. The molecule has 0 amide bonds. The molecule has 1 heterocycles. The molecule has 0 atom stereocenters. The van der Waals surface area contributed by atoms with Crippen molar-refractivity contribution in [2.24, 2.45) is 7.05 Å². The first kappa shape index (κ1) is 12.6. The lowest BCUT2D eigenvalue weighted by Gasteiger charge is -2.08. The van der Waals surface area contributed by atoms with Crippen molar-refractivity contribution in [1.29, 1.82) is 0 Å². The van der Waals surface area contributed by atoms with E-state index in [1.54, 1.807) is 6.07 Å². The summed E-state index contributed by atoms with van der Waals surface area (Å²) < 4.78 is 7.79. The van der Waals surface area contributed by atoms with E-state index >= 15 is 0 Å². The van der Waals surface area contributed by atoms with Gasteiger partial charge in [0, 0.05) is 12.4 Å². The van der Waals surface area contributed by atoms with Crippen molar-refractivity contribution in [3.63, 3.8) is 0 Å². The van der Waals surface area contributed by atoms with E-state index in [0.29, 0.717) is 12.4 Å². The zero-order valence-corrected chi connectivity index (χ0v) is 11.6. The molecule has 0 radical (unpaired) electrons. The van der Waals surface area contributed by atoms with Gasteiger partial charge >= 0.3 is 0 Å². The number of hydrogen-bond acceptors (Lipinski definition) is 2. The van der Waals surface area contributed by atoms with E-state index in [4.69, 9.17) is 4.74 Å². The van der Waals surface area contributed by atoms with Crippen LogP contribution in [0.4, 0.5) is 0 Å². The number of fused-ring (bicyclic) bond motifs is 1. The van der Waals surface area contributed by atoms with E-state index < -0.39 is 0 Å². The Morgan fingerprint density at radius 3 is 2.65 bits per heavy atom. The first-order chi connectivity index (χ1) is 9.65. The van der Waals surface area contributed by atoms with Crippen LogP contribution in [0.5, 0.6) is 11.5 Å². The van der Waals surface area contributed by atoms with Crippen molar-refractivity contribution in [2.75, 3.05) is 0 Å². The SMILES string of the molecule is Cc1cccc(OCc2cc3cccc(O)c3n2C)c1. The molecule has 3 heteroatoms. The third-order valence-corrected chi connectivity index (χ3v) is 3.51. The van der Waals surface area contributed by atoms with E-state index in [1.807, 2.05) is 61.0 Å². The fraction of sp³-hybridized carbons (Fsp3) is 0.176. The van der Waals surface area contributed by atoms with Gasteiger partial charge in [-0.3, -0.25) is 0 Å². The molecule has 3 rings (SSSR count). The summed E-state index contributed by atoms with van der Waals surface area (Å²) in [6.45, 7) is 2.52. The Morgan fingerprint density at radius 1 is 1.10 bits per heavy atom. The van der Waals surface area contributed by atoms with Crippen molar-refractivity contribution >= 4 is 10.9 Å². The standard InChI is InChI=1S/C17H17NO2/c1-12-5-3-7-15(9-12)20-11-14-10-13-6-4-8-16(19)17(13)18(14)2/h3-10,19H,11H2,1-2H3. The van der Waals surface area contributed by atoms with Gasteiger partial charge in [-0.2, -0.15) is 0 Å². The highest BCUT2D eigenvalue weighted by Crippen LogP contribution is 2.27. The summed E-state index contributed by atoms with van der Waals surface area (Å²) in [5.74, 6) is 1.16. The highest BCUT2D eigenvalue weighted by atomic mass is 16.5. The van der Waals surface area contributed by atoms with Gasteiger partial charge in [-0.25, -0.2) is 0 Å². The molecule has 1 aromatic heterocycles. The molecule has 0 aliphatic heterocycles. The van der Waals surface area contributed by atoms with Crippen LogP contribution >= 0.6 is 0 Å². The predicted octanol–water partition coefficient (Wildman–Crippen LogP) is 3.77. The monoisotopic (exact) mass is 267 g/mol. The predicted molar refractivity (Wildman–Crippen MR) is 80.1 cm³/mol. The molecule has 1 N–H and O–H groups in total. The Morgan fingerprint density at radius 2 is 1.90 bits per heavy atom. The molecule has 0 spiro atoms. The number of ether oxygens (including phenoxy) is 1. The minimum Gasteiger partial charge on any atom is -0.506 e. The summed E-state index contributed by atoms with van der Waals surface area (Å²) in [4.78, 5) is 0. The maximum atomic E-state index is 9.93. The van der Waals surface area contributed by atoms with Crippen LogP contribution in [-0.2, 0) is 13.7 Å². The van der Waals surface area contributed by atoms with Gasteiger partial charge in [-0.1, -0.05) is 24.3 Å². The van der Waals surface area contributed by atoms with Gasteiger partial charge in [0.2, 0.25) is 0 Å². The normalized spacial score (nSPS) is 10.9. The number of aryl methyl sites for hydroxylation is 2. The average molecular weight is 267 g/mol. The number of aromatic hydroxyl groups is 1. The molecular weight excluding hydrogens is 250 g/mol. The van der Waals surface area contributed by atoms with Crippen LogP contribution in [0, 0.1) is 6.92 Å². The van der Waals surface area contributed by atoms with Crippen molar-refractivity contribution in [3.05, 3.63) is 59.8 Å². The minimum absolute atomic E-state index is 0.298. The number of phenols is 1. The molecule has 3 aromatic rings. The van der Waals surface area contributed by atoms with Crippen LogP contribution in [-0.4, -0.2) is 9.67 Å². The molecule has 0 saturated heterocycles. The molecule has 0 saturated carbocycles. The van der Waals surface area contributed by atoms with Crippen molar-refractivity contribution < 1.29 is 9.84 Å². The molecule has 0 bridgehead atoms. The largest absolute Gasteiger partial charge is 0.506 e. The second-order valence-corrected chi connectivity index (χ2v) is 5.01. The van der Waals surface area contributed by atoms with Crippen LogP contribution < -0.4 is 4.74 Å². The molecule has 0 aliphatic rings. The lowest BCUT2D eigenvalue weighted by molar-refractivity contribution is 0.297. The Hall–Kier alpha value is -2.42. The highest BCUT2D eigenvalue weighted by molar-refractivity contribution is 5.86. The summed E-state index contributed by atoms with van der Waals surface area (Å²) in [6.07, 6.45) is 0. The van der Waals surface area contributed by atoms with Crippen LogP contribution in [0.25, 0.3) is 10.9 Å². The lowest BCUT2D eigenvalue weighted by Crippen LogP contribution is -2.01. The van der Waals surface area contributed by atoms with Gasteiger partial charge in [0.25, 0.3) is 0 Å². The summed E-state index contributed by atoms with van der Waals surface area (Å²) in [5, 5.41) is 10.9. The van der Waals surface area contributed by atoms with E-state index in [0.717, 1.165) is 22.3 Å². The van der Waals surface area contributed by atoms with Crippen molar-refractivity contribution in [3.8, 4) is 11.5 Å². The summed E-state index contributed by atoms with van der Waals surface area (Å²) in [6, 6.07) is 15.6. The van der Waals surface area contributed by atoms with Crippen LogP contribution in [0.3, 0.4) is 0 Å². The third kappa shape index (κ3) is 2.23. The fourth-order valence-electron chi connectivity index (χ4n) is 2.45. The molecule has 0 unspecified atom stereocenters. The topological polar surface area (TPSA) is 34.4 Å². The summed E-state index contributed by atoms with van der Waals surface area (Å²) >= 11 is 0. The molecule has 2 aromatic carbocycles. The van der Waals surface area contributed by atoms with Gasteiger partial charge in [-0.15, -0.1) is 0 Å². The maximum absolute atomic E-state index is 9.93. The number of aromatic nitrogens is 1. The molecule has 3 nitrogen and oxygen atoms in total. The number of hydrogen-bond donors (Lipinski definition) is 1. The molecule has 20 heavy (non-hydrogen) atoms. The third-order valence-electron chi connectivity index (χ3n) is 3.51. The van der Waals surface area contributed by atoms with E-state index in [9.17, 15) is 5.11 Å². The first-order valence-corrected chi connectivity index (χ1v) is 6.61. The first-order valence-electron chi connectivity index (χ1n) is 6.61. The lowest BCUT2D eigenvalue weighted by atomic mass is 10.2. The van der Waals surface area contributed by atoms with Crippen LogP contribution in [0.2, 0.25) is 0 Å². The van der Waals surface area contributed by atoms with E-state index in [1.165, 1.54) is 5.56 Å². The van der Waals surface area contributed by atoms with Crippen LogP contribution in [0.1, 0.15) is 11.3 Å². The minimum atomic E-state index is 0.298. The average Bonchev–Trinajstić information content (AvgIpc) is 2.75. The molecule has 0 aliphatic carbocycles. The van der Waals surface area contributed by atoms with Crippen molar-refractivity contribution in [2.45, 2.75) is 13.5 Å². The van der Waals surface area contributed by atoms with E-state index in [2.05, 4.69) is 0 Å². The molecular formula is C17H17NO2. The van der Waals surface area contributed by atoms with Gasteiger partial charge in [0.1, 0.15) is 18.1 Å². The Labute approximate surface area is 118 Å².